The number of benzene rings is 1. The van der Waals surface area contributed by atoms with Crippen LogP contribution in [0.2, 0.25) is 0 Å². The average Bonchev–Trinajstić information content (AvgIpc) is 2.51. The van der Waals surface area contributed by atoms with Crippen molar-refractivity contribution in [3.05, 3.63) is 28.4 Å². The molecular weight excluding hydrogens is 671 g/mol. The highest BCUT2D eigenvalue weighted by Gasteiger charge is 2.21. The zero-order chi connectivity index (χ0) is 17.7. The summed E-state index contributed by atoms with van der Waals surface area (Å²) < 4.78 is 31.1. The number of carbonyl (C=O) groups is 1. The van der Waals surface area contributed by atoms with Gasteiger partial charge in [-0.2, -0.15) is 0 Å². The van der Waals surface area contributed by atoms with E-state index in [1.165, 1.54) is 0 Å². The first-order chi connectivity index (χ1) is 11.3. The van der Waals surface area contributed by atoms with Crippen molar-refractivity contribution in [2.24, 2.45) is 0 Å². The molecule has 0 N–H and O–H groups in total. The molecule has 5 nitrogen and oxygen atoms in total. The molecule has 0 amide bonds. The van der Waals surface area contributed by atoms with Crippen LogP contribution in [-0.4, -0.2) is 57.0 Å². The van der Waals surface area contributed by atoms with Crippen LogP contribution in [0, 0.1) is 10.7 Å². The summed E-state index contributed by atoms with van der Waals surface area (Å²) in [5.74, 6) is 0.233. The minimum Gasteiger partial charge on any atom is -0.462 e. The Balaban J connectivity index is 1.70. The van der Waals surface area contributed by atoms with Gasteiger partial charge in [0.2, 0.25) is 0 Å². The van der Waals surface area contributed by atoms with Crippen LogP contribution < -0.4 is 0 Å². The number of carbonyl (C=O) groups excluding carboxylic acids is 1. The molecule has 0 aromatic heterocycles. The first-order valence-corrected chi connectivity index (χ1v) is 12.6. The molecule has 0 unspecified atom stereocenters. The second-order valence-electron chi connectivity index (χ2n) is 5.59. The summed E-state index contributed by atoms with van der Waals surface area (Å²) in [4.78, 5) is 14.4. The van der Waals surface area contributed by atoms with Crippen LogP contribution in [0.5, 0.6) is 0 Å². The van der Waals surface area contributed by atoms with Crippen molar-refractivity contribution in [2.75, 3.05) is 37.7 Å². The molecule has 1 heterocycles. The van der Waals surface area contributed by atoms with Crippen LogP contribution in [0.1, 0.15) is 23.2 Å². The van der Waals surface area contributed by atoms with E-state index in [2.05, 4.69) is 72.7 Å². The van der Waals surface area contributed by atoms with Crippen LogP contribution in [0.15, 0.2) is 12.1 Å². The highest BCUT2D eigenvalue weighted by atomic mass is 127. The van der Waals surface area contributed by atoms with E-state index in [4.69, 9.17) is 4.74 Å². The summed E-state index contributed by atoms with van der Waals surface area (Å²) in [5, 5.41) is 0. The fraction of sp³-hybridized carbons (Fsp3) is 0.533. The Hall–Kier alpha value is 0.790. The molecule has 9 heteroatoms. The topological polar surface area (TPSA) is 63.7 Å². The zero-order valence-corrected chi connectivity index (χ0v) is 20.2. The minimum absolute atomic E-state index is 0.256. The maximum Gasteiger partial charge on any atom is 0.339 e. The molecule has 134 valence electrons. The van der Waals surface area contributed by atoms with Crippen molar-refractivity contribution in [1.29, 1.82) is 0 Å². The number of ether oxygens (including phenoxy) is 1. The largest absolute Gasteiger partial charge is 0.462 e. The number of esters is 1. The molecule has 1 aromatic carbocycles. The van der Waals surface area contributed by atoms with Crippen molar-refractivity contribution < 1.29 is 17.9 Å². The molecule has 1 saturated heterocycles. The fourth-order valence-electron chi connectivity index (χ4n) is 2.36. The molecule has 24 heavy (non-hydrogen) atoms. The van der Waals surface area contributed by atoms with Gasteiger partial charge in [0, 0.05) is 23.8 Å². The second-order valence-corrected chi connectivity index (χ2v) is 11.4. The van der Waals surface area contributed by atoms with Crippen LogP contribution in [0.4, 0.5) is 0 Å². The average molecular weight is 689 g/mol. The minimum atomic E-state index is -2.82. The number of unbranched alkanes of at least 4 members (excludes halogenated alkanes) is 1. The van der Waals surface area contributed by atoms with Crippen LogP contribution in [0.25, 0.3) is 0 Å². The Morgan fingerprint density at radius 1 is 1.12 bits per heavy atom. The first-order valence-electron chi connectivity index (χ1n) is 7.53. The third-order valence-electron chi connectivity index (χ3n) is 3.75. The summed E-state index contributed by atoms with van der Waals surface area (Å²) in [5.41, 5.74) is 0.619. The Kier molecular flexibility index (Phi) is 8.48. The highest BCUT2D eigenvalue weighted by molar-refractivity contribution is 14.1. The smallest absolute Gasteiger partial charge is 0.339 e. The van der Waals surface area contributed by atoms with E-state index in [0.717, 1.165) is 30.1 Å². The van der Waals surface area contributed by atoms with Gasteiger partial charge in [-0.3, -0.25) is 0 Å². The standard InChI is InChI=1S/C15H18I3NO4S/c16-11-9-12(14(18)13(17)10-11)15(20)23-6-2-1-3-19-4-7-24(21,22)8-5-19/h9-10H,1-8H2. The molecule has 2 rings (SSSR count). The van der Waals surface area contributed by atoms with E-state index in [1.54, 1.807) is 0 Å². The lowest BCUT2D eigenvalue weighted by Crippen LogP contribution is -2.40. The van der Waals surface area contributed by atoms with Gasteiger partial charge in [0.15, 0.2) is 9.84 Å². The van der Waals surface area contributed by atoms with Crippen LogP contribution >= 0.6 is 67.8 Å². The number of sulfone groups is 1. The summed E-state index contributed by atoms with van der Waals surface area (Å²) in [7, 11) is -2.82. The Morgan fingerprint density at radius 2 is 1.79 bits per heavy atom. The fourth-order valence-corrected chi connectivity index (χ4v) is 6.01. The number of nitrogens with zero attached hydrogens (tertiary/aromatic N) is 1. The zero-order valence-electron chi connectivity index (χ0n) is 12.9. The molecular formula is C15H18I3NO4S. The molecule has 0 atom stereocenters. The molecule has 0 radical (unpaired) electrons. The van der Waals surface area contributed by atoms with E-state index < -0.39 is 9.84 Å². The van der Waals surface area contributed by atoms with E-state index in [1.807, 2.05) is 12.1 Å². The summed E-state index contributed by atoms with van der Waals surface area (Å²) >= 11 is 6.58. The summed E-state index contributed by atoms with van der Waals surface area (Å²) in [6.07, 6.45) is 1.68. The molecule has 1 aliphatic heterocycles. The second kappa shape index (κ2) is 9.65. The monoisotopic (exact) mass is 689 g/mol. The van der Waals surface area contributed by atoms with Crippen molar-refractivity contribution in [2.45, 2.75) is 12.8 Å². The molecule has 1 aromatic rings. The normalized spacial score (nSPS) is 17.6. The Labute approximate surface area is 183 Å². The highest BCUT2D eigenvalue weighted by Crippen LogP contribution is 2.23. The van der Waals surface area contributed by atoms with Gasteiger partial charge in [0.1, 0.15) is 0 Å². The van der Waals surface area contributed by atoms with Crippen LogP contribution in [-0.2, 0) is 14.6 Å². The number of hydrogen-bond donors (Lipinski definition) is 0. The SMILES string of the molecule is O=C(OCCCCN1CCS(=O)(=O)CC1)c1cc(I)cc(I)c1I. The van der Waals surface area contributed by atoms with Gasteiger partial charge in [-0.1, -0.05) is 0 Å². The lowest BCUT2D eigenvalue weighted by molar-refractivity contribution is 0.0494. The van der Waals surface area contributed by atoms with Crippen molar-refractivity contribution in [1.82, 2.24) is 4.90 Å². The third-order valence-corrected chi connectivity index (χ3v) is 9.03. The summed E-state index contributed by atoms with van der Waals surface area (Å²) in [6.45, 7) is 2.47. The van der Waals surface area contributed by atoms with Gasteiger partial charge in [0.25, 0.3) is 0 Å². The molecule has 1 aliphatic rings. The van der Waals surface area contributed by atoms with Gasteiger partial charge < -0.3 is 9.64 Å². The number of hydrogen-bond acceptors (Lipinski definition) is 5. The van der Waals surface area contributed by atoms with E-state index in [-0.39, 0.29) is 17.5 Å². The van der Waals surface area contributed by atoms with Crippen molar-refractivity contribution >= 4 is 83.6 Å². The summed E-state index contributed by atoms with van der Waals surface area (Å²) in [6, 6.07) is 3.87. The predicted octanol–water partition coefficient (Wildman–Crippen LogP) is 3.17. The third kappa shape index (κ3) is 6.50. The number of rotatable bonds is 6. The van der Waals surface area contributed by atoms with E-state index in [9.17, 15) is 13.2 Å². The van der Waals surface area contributed by atoms with Gasteiger partial charge in [0.05, 0.1) is 23.7 Å². The van der Waals surface area contributed by atoms with Crippen molar-refractivity contribution in [3.8, 4) is 0 Å². The van der Waals surface area contributed by atoms with Gasteiger partial charge in [-0.15, -0.1) is 0 Å². The van der Waals surface area contributed by atoms with E-state index in [0.29, 0.717) is 25.3 Å². The quantitative estimate of drug-likeness (QED) is 0.199. The first kappa shape index (κ1) is 21.1. The molecule has 0 saturated carbocycles. The molecule has 0 aliphatic carbocycles. The lowest BCUT2D eigenvalue weighted by atomic mass is 10.2. The Bertz CT molecular complexity index is 695. The molecule has 0 bridgehead atoms. The maximum atomic E-state index is 12.2. The Morgan fingerprint density at radius 3 is 2.46 bits per heavy atom. The van der Waals surface area contributed by atoms with Gasteiger partial charge in [-0.25, -0.2) is 13.2 Å². The molecule has 1 fully saturated rings. The predicted molar refractivity (Wildman–Crippen MR) is 119 cm³/mol. The number of halogens is 3. The van der Waals surface area contributed by atoms with Gasteiger partial charge in [-0.05, 0) is 99.3 Å². The van der Waals surface area contributed by atoms with Crippen LogP contribution in [0.3, 0.4) is 0 Å². The van der Waals surface area contributed by atoms with Crippen molar-refractivity contribution in [3.63, 3.8) is 0 Å². The van der Waals surface area contributed by atoms with Gasteiger partial charge >= 0.3 is 5.97 Å². The molecule has 0 spiro atoms. The van der Waals surface area contributed by atoms with E-state index >= 15 is 0 Å². The maximum absolute atomic E-state index is 12.2. The lowest BCUT2D eigenvalue weighted by Gasteiger charge is -2.26.